The van der Waals surface area contributed by atoms with Crippen molar-refractivity contribution in [3.05, 3.63) is 58.9 Å². The summed E-state index contributed by atoms with van der Waals surface area (Å²) in [4.78, 5) is 0. The summed E-state index contributed by atoms with van der Waals surface area (Å²) >= 11 is 6.04. The Balaban J connectivity index is 2.37. The minimum atomic E-state index is -0.221. The number of halogens is 2. The standard InChI is InChI=1S/C16H17ClFN/c1-2-9-19-11-12-7-8-13(17)10-15(12)14-5-3-4-6-16(14)18/h3-8,10,19H,2,9,11H2,1H3. The second kappa shape index (κ2) is 6.69. The fourth-order valence-electron chi connectivity index (χ4n) is 2.03. The van der Waals surface area contributed by atoms with Crippen LogP contribution in [0.5, 0.6) is 0 Å². The van der Waals surface area contributed by atoms with Gasteiger partial charge in [0.1, 0.15) is 5.82 Å². The van der Waals surface area contributed by atoms with Crippen LogP contribution >= 0.6 is 11.6 Å². The van der Waals surface area contributed by atoms with Crippen molar-refractivity contribution in [3.8, 4) is 11.1 Å². The molecule has 0 aliphatic carbocycles. The van der Waals surface area contributed by atoms with Crippen molar-refractivity contribution in [3.63, 3.8) is 0 Å². The minimum absolute atomic E-state index is 0.221. The Morgan fingerprint density at radius 2 is 1.89 bits per heavy atom. The molecule has 2 aromatic carbocycles. The fourth-order valence-corrected chi connectivity index (χ4v) is 2.21. The number of nitrogens with one attached hydrogen (secondary N) is 1. The zero-order valence-corrected chi connectivity index (χ0v) is 11.7. The van der Waals surface area contributed by atoms with Gasteiger partial charge in [-0.1, -0.05) is 42.8 Å². The molecule has 2 aromatic rings. The number of hydrogen-bond donors (Lipinski definition) is 1. The molecule has 0 amide bonds. The van der Waals surface area contributed by atoms with Crippen molar-refractivity contribution in [1.82, 2.24) is 5.32 Å². The highest BCUT2D eigenvalue weighted by molar-refractivity contribution is 6.30. The van der Waals surface area contributed by atoms with E-state index in [1.165, 1.54) is 6.07 Å². The lowest BCUT2D eigenvalue weighted by Gasteiger charge is -2.12. The molecule has 0 heterocycles. The third kappa shape index (κ3) is 3.55. The summed E-state index contributed by atoms with van der Waals surface area (Å²) < 4.78 is 13.9. The van der Waals surface area contributed by atoms with E-state index in [9.17, 15) is 4.39 Å². The summed E-state index contributed by atoms with van der Waals surface area (Å²) in [6, 6.07) is 12.4. The van der Waals surface area contributed by atoms with Crippen molar-refractivity contribution < 1.29 is 4.39 Å². The van der Waals surface area contributed by atoms with Crippen LogP contribution in [-0.4, -0.2) is 6.54 Å². The molecule has 0 saturated heterocycles. The quantitative estimate of drug-likeness (QED) is 0.785. The first-order valence-electron chi connectivity index (χ1n) is 6.46. The molecule has 1 N–H and O–H groups in total. The highest BCUT2D eigenvalue weighted by Crippen LogP contribution is 2.29. The Morgan fingerprint density at radius 3 is 2.63 bits per heavy atom. The van der Waals surface area contributed by atoms with Crippen LogP contribution in [0.3, 0.4) is 0 Å². The van der Waals surface area contributed by atoms with Gasteiger partial charge in [0.05, 0.1) is 0 Å². The molecule has 0 unspecified atom stereocenters. The molecule has 1 nitrogen and oxygen atoms in total. The van der Waals surface area contributed by atoms with Crippen molar-refractivity contribution in [2.75, 3.05) is 6.54 Å². The SMILES string of the molecule is CCCNCc1ccc(Cl)cc1-c1ccccc1F. The van der Waals surface area contributed by atoms with Crippen molar-refractivity contribution in [2.24, 2.45) is 0 Å². The summed E-state index contributed by atoms with van der Waals surface area (Å²) in [6.45, 7) is 3.78. The summed E-state index contributed by atoms with van der Waals surface area (Å²) in [5.41, 5.74) is 2.51. The van der Waals surface area contributed by atoms with Gasteiger partial charge < -0.3 is 5.32 Å². The maximum Gasteiger partial charge on any atom is 0.131 e. The Kier molecular flexibility index (Phi) is 4.94. The van der Waals surface area contributed by atoms with Crippen LogP contribution < -0.4 is 5.32 Å². The van der Waals surface area contributed by atoms with E-state index in [4.69, 9.17) is 11.6 Å². The normalized spacial score (nSPS) is 10.7. The molecule has 0 atom stereocenters. The lowest BCUT2D eigenvalue weighted by molar-refractivity contribution is 0.630. The average molecular weight is 278 g/mol. The van der Waals surface area contributed by atoms with Gasteiger partial charge in [-0.2, -0.15) is 0 Å². The van der Waals surface area contributed by atoms with E-state index in [2.05, 4.69) is 12.2 Å². The van der Waals surface area contributed by atoms with Gasteiger partial charge in [0.25, 0.3) is 0 Å². The van der Waals surface area contributed by atoms with E-state index < -0.39 is 0 Å². The molecule has 0 radical (unpaired) electrons. The molecule has 3 heteroatoms. The second-order valence-corrected chi connectivity index (χ2v) is 4.89. The van der Waals surface area contributed by atoms with Crippen molar-refractivity contribution in [2.45, 2.75) is 19.9 Å². The van der Waals surface area contributed by atoms with Gasteiger partial charge in [-0.15, -0.1) is 0 Å². The van der Waals surface area contributed by atoms with E-state index in [1.807, 2.05) is 24.3 Å². The molecular formula is C16H17ClFN. The number of rotatable bonds is 5. The lowest BCUT2D eigenvalue weighted by atomic mass is 9.99. The Hall–Kier alpha value is -1.38. The molecule has 0 bridgehead atoms. The third-order valence-corrected chi connectivity index (χ3v) is 3.21. The minimum Gasteiger partial charge on any atom is -0.313 e. The Bertz CT molecular complexity index is 554. The maximum atomic E-state index is 13.9. The summed E-state index contributed by atoms with van der Waals surface area (Å²) in [5.74, 6) is -0.221. The molecular weight excluding hydrogens is 261 g/mol. The first kappa shape index (κ1) is 14.0. The second-order valence-electron chi connectivity index (χ2n) is 4.46. The zero-order valence-electron chi connectivity index (χ0n) is 10.9. The van der Waals surface area contributed by atoms with Crippen LogP contribution in [0.1, 0.15) is 18.9 Å². The van der Waals surface area contributed by atoms with E-state index in [1.54, 1.807) is 12.1 Å². The third-order valence-electron chi connectivity index (χ3n) is 2.98. The molecule has 0 fully saturated rings. The number of benzene rings is 2. The van der Waals surface area contributed by atoms with E-state index in [-0.39, 0.29) is 5.82 Å². The molecule has 0 spiro atoms. The fraction of sp³-hybridized carbons (Fsp3) is 0.250. The molecule has 0 aliphatic rings. The molecule has 2 rings (SSSR count). The van der Waals surface area contributed by atoms with Gasteiger partial charge in [0.15, 0.2) is 0 Å². The highest BCUT2D eigenvalue weighted by atomic mass is 35.5. The van der Waals surface area contributed by atoms with Crippen LogP contribution in [0.15, 0.2) is 42.5 Å². The molecule has 0 aliphatic heterocycles. The predicted molar refractivity (Wildman–Crippen MR) is 78.8 cm³/mol. The van der Waals surface area contributed by atoms with Crippen LogP contribution in [0, 0.1) is 5.82 Å². The van der Waals surface area contributed by atoms with Crippen molar-refractivity contribution in [1.29, 1.82) is 0 Å². The molecule has 0 aromatic heterocycles. The van der Waals surface area contributed by atoms with Crippen LogP contribution in [0.4, 0.5) is 4.39 Å². The molecule has 19 heavy (non-hydrogen) atoms. The summed E-state index contributed by atoms with van der Waals surface area (Å²) in [5, 5.41) is 3.96. The van der Waals surface area contributed by atoms with Gasteiger partial charge in [0.2, 0.25) is 0 Å². The molecule has 0 saturated carbocycles. The lowest BCUT2D eigenvalue weighted by Crippen LogP contribution is -2.14. The van der Waals surface area contributed by atoms with Crippen LogP contribution in [-0.2, 0) is 6.54 Å². The van der Waals surface area contributed by atoms with Crippen LogP contribution in [0.25, 0.3) is 11.1 Å². The highest BCUT2D eigenvalue weighted by Gasteiger charge is 2.09. The first-order chi connectivity index (χ1) is 9.22. The van der Waals surface area contributed by atoms with E-state index in [0.29, 0.717) is 17.1 Å². The average Bonchev–Trinajstić information content (AvgIpc) is 2.41. The topological polar surface area (TPSA) is 12.0 Å². The summed E-state index contributed by atoms with van der Waals surface area (Å²) in [7, 11) is 0. The maximum absolute atomic E-state index is 13.9. The van der Waals surface area contributed by atoms with Gasteiger partial charge in [-0.05, 0) is 42.3 Å². The van der Waals surface area contributed by atoms with Crippen LogP contribution in [0.2, 0.25) is 5.02 Å². The Labute approximate surface area is 118 Å². The van der Waals surface area contributed by atoms with Gasteiger partial charge >= 0.3 is 0 Å². The Morgan fingerprint density at radius 1 is 1.11 bits per heavy atom. The zero-order chi connectivity index (χ0) is 13.7. The van der Waals surface area contributed by atoms with Gasteiger partial charge in [0, 0.05) is 17.1 Å². The van der Waals surface area contributed by atoms with Gasteiger partial charge in [-0.25, -0.2) is 4.39 Å². The molecule has 100 valence electrons. The first-order valence-corrected chi connectivity index (χ1v) is 6.84. The number of hydrogen-bond acceptors (Lipinski definition) is 1. The predicted octanol–water partition coefficient (Wildman–Crippen LogP) is 4.65. The smallest absolute Gasteiger partial charge is 0.131 e. The largest absolute Gasteiger partial charge is 0.313 e. The van der Waals surface area contributed by atoms with E-state index >= 15 is 0 Å². The van der Waals surface area contributed by atoms with Crippen molar-refractivity contribution >= 4 is 11.6 Å². The summed E-state index contributed by atoms with van der Waals surface area (Å²) in [6.07, 6.45) is 1.07. The van der Waals surface area contributed by atoms with Gasteiger partial charge in [-0.3, -0.25) is 0 Å². The van der Waals surface area contributed by atoms with E-state index in [0.717, 1.165) is 24.1 Å². The monoisotopic (exact) mass is 277 g/mol.